The van der Waals surface area contributed by atoms with E-state index in [1.807, 2.05) is 32.6 Å². The molecule has 0 radical (unpaired) electrons. The van der Waals surface area contributed by atoms with Gasteiger partial charge in [-0.2, -0.15) is 0 Å². The van der Waals surface area contributed by atoms with Crippen LogP contribution in [0.2, 0.25) is 0 Å². The Bertz CT molecular complexity index is 753. The van der Waals surface area contributed by atoms with E-state index >= 15 is 0 Å². The number of aryl methyl sites for hydroxylation is 1. The lowest BCUT2D eigenvalue weighted by molar-refractivity contribution is 0.00535. The van der Waals surface area contributed by atoms with Crippen molar-refractivity contribution in [2.24, 2.45) is 11.8 Å². The van der Waals surface area contributed by atoms with Crippen molar-refractivity contribution < 1.29 is 18.7 Å². The molecule has 1 aromatic heterocycles. The van der Waals surface area contributed by atoms with Crippen LogP contribution in [-0.2, 0) is 4.74 Å². The topological polar surface area (TPSA) is 83.8 Å². The first-order valence-electron chi connectivity index (χ1n) is 9.76. The fourth-order valence-electron chi connectivity index (χ4n) is 4.91. The van der Waals surface area contributed by atoms with E-state index in [2.05, 4.69) is 10.6 Å². The standard InChI is InChI=1S/C20H29N3O4/c1-12-6-8-26-16(12)17(24)21-9-13-14-10-23(18(25)22-19(2,3)4)11-20(14)7-5-15(13)27-20/h6,8,13-15H,5,7,9-11H2,1-4H3,(H,21,24)(H,22,25)/t13-,14+,15+,20+/m0/s1. The van der Waals surface area contributed by atoms with Crippen molar-refractivity contribution in [2.45, 2.75) is 57.8 Å². The number of nitrogens with zero attached hydrogens (tertiary/aromatic N) is 1. The largest absolute Gasteiger partial charge is 0.459 e. The number of urea groups is 1. The molecule has 2 N–H and O–H groups in total. The van der Waals surface area contributed by atoms with E-state index in [0.29, 0.717) is 25.4 Å². The smallest absolute Gasteiger partial charge is 0.317 e. The van der Waals surface area contributed by atoms with Gasteiger partial charge in [-0.15, -0.1) is 0 Å². The molecule has 27 heavy (non-hydrogen) atoms. The number of rotatable bonds is 3. The van der Waals surface area contributed by atoms with Crippen molar-refractivity contribution in [1.82, 2.24) is 15.5 Å². The third-order valence-corrected chi connectivity index (χ3v) is 6.12. The average Bonchev–Trinajstić information content (AvgIpc) is 3.30. The van der Waals surface area contributed by atoms with Gasteiger partial charge in [0.2, 0.25) is 0 Å². The van der Waals surface area contributed by atoms with Crippen molar-refractivity contribution in [1.29, 1.82) is 0 Å². The lowest BCUT2D eigenvalue weighted by atomic mass is 9.73. The van der Waals surface area contributed by atoms with E-state index in [9.17, 15) is 9.59 Å². The minimum absolute atomic E-state index is 0.0349. The summed E-state index contributed by atoms with van der Waals surface area (Å²) in [5.41, 5.74) is 0.328. The number of nitrogens with one attached hydrogen (secondary N) is 2. The Morgan fingerprint density at radius 2 is 2.15 bits per heavy atom. The van der Waals surface area contributed by atoms with Crippen LogP contribution in [-0.4, -0.2) is 53.7 Å². The Morgan fingerprint density at radius 3 is 2.81 bits per heavy atom. The second kappa shape index (κ2) is 6.26. The molecule has 4 heterocycles. The maximum absolute atomic E-state index is 12.6. The molecule has 7 heteroatoms. The molecule has 3 fully saturated rings. The normalized spacial score (nSPS) is 31.9. The van der Waals surface area contributed by atoms with Crippen molar-refractivity contribution in [3.05, 3.63) is 23.7 Å². The van der Waals surface area contributed by atoms with Crippen molar-refractivity contribution >= 4 is 11.9 Å². The van der Waals surface area contributed by atoms with Crippen LogP contribution in [0.15, 0.2) is 16.7 Å². The summed E-state index contributed by atoms with van der Waals surface area (Å²) in [5, 5.41) is 6.06. The predicted molar refractivity (Wildman–Crippen MR) is 99.5 cm³/mol. The quantitative estimate of drug-likeness (QED) is 0.849. The van der Waals surface area contributed by atoms with Crippen LogP contribution in [0.25, 0.3) is 0 Å². The molecule has 148 valence electrons. The zero-order chi connectivity index (χ0) is 19.4. The average molecular weight is 375 g/mol. The predicted octanol–water partition coefficient (Wildman–Crippen LogP) is 2.31. The molecule has 3 saturated heterocycles. The molecule has 3 amide bonds. The summed E-state index contributed by atoms with van der Waals surface area (Å²) < 4.78 is 11.6. The number of furan rings is 1. The zero-order valence-electron chi connectivity index (χ0n) is 16.5. The molecule has 0 aliphatic carbocycles. The highest BCUT2D eigenvalue weighted by Crippen LogP contribution is 2.54. The van der Waals surface area contributed by atoms with Crippen molar-refractivity contribution in [3.63, 3.8) is 0 Å². The van der Waals surface area contributed by atoms with E-state index in [1.165, 1.54) is 6.26 Å². The first kappa shape index (κ1) is 18.3. The minimum Gasteiger partial charge on any atom is -0.459 e. The van der Waals surface area contributed by atoms with E-state index in [-0.39, 0.29) is 41.0 Å². The van der Waals surface area contributed by atoms with E-state index in [0.717, 1.165) is 18.4 Å². The number of carbonyl (C=O) groups is 2. The third-order valence-electron chi connectivity index (χ3n) is 6.12. The van der Waals surface area contributed by atoms with Crippen LogP contribution < -0.4 is 10.6 Å². The summed E-state index contributed by atoms with van der Waals surface area (Å²) >= 11 is 0. The van der Waals surface area contributed by atoms with Gasteiger partial charge in [0.15, 0.2) is 5.76 Å². The number of fused-ring (bicyclic) bond motifs is 1. The number of ether oxygens (including phenoxy) is 1. The Labute approximate surface area is 159 Å². The Morgan fingerprint density at radius 1 is 1.37 bits per heavy atom. The molecule has 0 unspecified atom stereocenters. The van der Waals surface area contributed by atoms with Gasteiger partial charge in [-0.3, -0.25) is 4.79 Å². The molecule has 1 aromatic rings. The fraction of sp³-hybridized carbons (Fsp3) is 0.700. The van der Waals surface area contributed by atoms with Crippen LogP contribution >= 0.6 is 0 Å². The molecule has 4 atom stereocenters. The minimum atomic E-state index is -0.264. The molecule has 3 aliphatic heterocycles. The third kappa shape index (κ3) is 3.22. The van der Waals surface area contributed by atoms with Crippen LogP contribution in [0.4, 0.5) is 4.79 Å². The van der Waals surface area contributed by atoms with Gasteiger partial charge in [0, 0.05) is 36.0 Å². The highest BCUT2D eigenvalue weighted by atomic mass is 16.5. The van der Waals surface area contributed by atoms with Gasteiger partial charge in [-0.05, 0) is 46.6 Å². The molecule has 1 spiro atoms. The molecule has 0 aromatic carbocycles. The summed E-state index contributed by atoms with van der Waals surface area (Å²) in [7, 11) is 0. The number of likely N-dealkylation sites (tertiary alicyclic amines) is 1. The molecule has 0 saturated carbocycles. The number of carbonyl (C=O) groups excluding carboxylic acids is 2. The van der Waals surface area contributed by atoms with Gasteiger partial charge in [-0.25, -0.2) is 4.79 Å². The van der Waals surface area contributed by atoms with Gasteiger partial charge in [0.1, 0.15) is 0 Å². The molecule has 7 nitrogen and oxygen atoms in total. The Kier molecular flexibility index (Phi) is 4.25. The van der Waals surface area contributed by atoms with Gasteiger partial charge < -0.3 is 24.7 Å². The van der Waals surface area contributed by atoms with Crippen molar-refractivity contribution in [2.75, 3.05) is 19.6 Å². The zero-order valence-corrected chi connectivity index (χ0v) is 16.5. The van der Waals surface area contributed by atoms with Gasteiger partial charge in [0.05, 0.1) is 24.5 Å². The second-order valence-electron chi connectivity index (χ2n) is 9.23. The lowest BCUT2D eigenvalue weighted by Crippen LogP contribution is -2.48. The maximum atomic E-state index is 12.6. The SMILES string of the molecule is Cc1ccoc1C(=O)NC[C@H]1[C@H]2CN(C(=O)NC(C)(C)C)C[C@]23CC[C@H]1O3. The lowest BCUT2D eigenvalue weighted by Gasteiger charge is -2.29. The first-order valence-corrected chi connectivity index (χ1v) is 9.76. The Balaban J connectivity index is 1.42. The number of hydrogen-bond acceptors (Lipinski definition) is 4. The van der Waals surface area contributed by atoms with E-state index in [4.69, 9.17) is 9.15 Å². The first-order chi connectivity index (χ1) is 12.7. The molecule has 2 bridgehead atoms. The summed E-state index contributed by atoms with van der Waals surface area (Å²) in [6, 6.07) is 1.75. The molecular weight excluding hydrogens is 346 g/mol. The summed E-state index contributed by atoms with van der Waals surface area (Å²) in [5.74, 6) is 0.673. The van der Waals surface area contributed by atoms with Crippen LogP contribution in [0.5, 0.6) is 0 Å². The summed E-state index contributed by atoms with van der Waals surface area (Å²) in [4.78, 5) is 26.9. The Hall–Kier alpha value is -2.02. The highest BCUT2D eigenvalue weighted by molar-refractivity contribution is 5.92. The van der Waals surface area contributed by atoms with Gasteiger partial charge >= 0.3 is 6.03 Å². The second-order valence-corrected chi connectivity index (χ2v) is 9.23. The van der Waals surface area contributed by atoms with Crippen molar-refractivity contribution in [3.8, 4) is 0 Å². The maximum Gasteiger partial charge on any atom is 0.317 e. The van der Waals surface area contributed by atoms with Crippen LogP contribution in [0.3, 0.4) is 0 Å². The number of hydrogen-bond donors (Lipinski definition) is 2. The fourth-order valence-corrected chi connectivity index (χ4v) is 4.91. The summed E-state index contributed by atoms with van der Waals surface area (Å²) in [6.45, 7) is 9.67. The van der Waals surface area contributed by atoms with Gasteiger partial charge in [0.25, 0.3) is 5.91 Å². The van der Waals surface area contributed by atoms with Crippen LogP contribution in [0, 0.1) is 18.8 Å². The molecule has 4 rings (SSSR count). The molecule has 3 aliphatic rings. The summed E-state index contributed by atoms with van der Waals surface area (Å²) in [6.07, 6.45) is 3.68. The van der Waals surface area contributed by atoms with Crippen LogP contribution in [0.1, 0.15) is 49.7 Å². The monoisotopic (exact) mass is 375 g/mol. The highest BCUT2D eigenvalue weighted by Gasteiger charge is 2.63. The number of amides is 3. The van der Waals surface area contributed by atoms with Gasteiger partial charge in [-0.1, -0.05) is 0 Å². The van der Waals surface area contributed by atoms with E-state index < -0.39 is 0 Å². The molecular formula is C20H29N3O4. The van der Waals surface area contributed by atoms with E-state index in [1.54, 1.807) is 6.07 Å².